The van der Waals surface area contributed by atoms with Gasteiger partial charge in [0.15, 0.2) is 0 Å². The van der Waals surface area contributed by atoms with E-state index in [0.29, 0.717) is 5.41 Å². The molecule has 0 aromatic heterocycles. The van der Waals surface area contributed by atoms with Gasteiger partial charge in [-0.05, 0) is 55.8 Å². The fraction of sp³-hybridized carbons (Fsp3) is 1.00. The Balaban J connectivity index is 3.54. The molecule has 120 valence electrons. The first-order valence-corrected chi connectivity index (χ1v) is 8.12. The largest absolute Gasteiger partial charge is 0.369 e. The molecule has 0 radical (unpaired) electrons. The lowest BCUT2D eigenvalue weighted by Crippen LogP contribution is -2.71. The topological polar surface area (TPSA) is 9.23 Å². The summed E-state index contributed by atoms with van der Waals surface area (Å²) in [5.74, 6) is 0. The molecule has 20 heavy (non-hydrogen) atoms. The second-order valence-electron chi connectivity index (χ2n) is 10.4. The summed E-state index contributed by atoms with van der Waals surface area (Å²) in [6.45, 7) is 28.2. The van der Waals surface area contributed by atoms with Gasteiger partial charge >= 0.3 is 0 Å². The molecule has 0 aliphatic carbocycles. The zero-order valence-corrected chi connectivity index (χ0v) is 16.1. The molecule has 0 N–H and O–H groups in total. The number of hydrogen-bond donors (Lipinski definition) is 0. The third-order valence-corrected chi connectivity index (χ3v) is 7.16. The van der Waals surface area contributed by atoms with Crippen LogP contribution >= 0.6 is 0 Å². The summed E-state index contributed by atoms with van der Waals surface area (Å²) < 4.78 is 6.60. The van der Waals surface area contributed by atoms with Gasteiger partial charge in [-0.25, -0.2) is 0 Å². The second-order valence-corrected chi connectivity index (χ2v) is 10.4. The highest BCUT2D eigenvalue weighted by molar-refractivity contribution is 5.15. The van der Waals surface area contributed by atoms with Crippen LogP contribution in [0.15, 0.2) is 0 Å². The van der Waals surface area contributed by atoms with Crippen molar-refractivity contribution in [3.8, 4) is 0 Å². The normalized spacial score (nSPS) is 30.0. The molecule has 1 rings (SSSR count). The van der Waals surface area contributed by atoms with Crippen LogP contribution in [-0.4, -0.2) is 11.2 Å². The first kappa shape index (κ1) is 18.0. The van der Waals surface area contributed by atoms with Gasteiger partial charge in [-0.3, -0.25) is 0 Å². The van der Waals surface area contributed by atoms with Crippen LogP contribution in [0.5, 0.6) is 0 Å². The van der Waals surface area contributed by atoms with Crippen LogP contribution in [0.2, 0.25) is 0 Å². The van der Waals surface area contributed by atoms with E-state index in [1.165, 1.54) is 6.42 Å². The van der Waals surface area contributed by atoms with Crippen molar-refractivity contribution in [3.05, 3.63) is 0 Å². The predicted octanol–water partition coefficient (Wildman–Crippen LogP) is 6.07. The van der Waals surface area contributed by atoms with Crippen LogP contribution in [-0.2, 0) is 4.74 Å². The van der Waals surface area contributed by atoms with Crippen molar-refractivity contribution in [3.63, 3.8) is 0 Å². The van der Waals surface area contributed by atoms with Gasteiger partial charge in [0.25, 0.3) is 0 Å². The molecule has 0 aromatic rings. The zero-order valence-electron chi connectivity index (χ0n) is 16.1. The van der Waals surface area contributed by atoms with Crippen molar-refractivity contribution in [2.45, 2.75) is 101 Å². The van der Waals surface area contributed by atoms with E-state index < -0.39 is 0 Å². The Kier molecular flexibility index (Phi) is 3.82. The van der Waals surface area contributed by atoms with Crippen molar-refractivity contribution in [2.75, 3.05) is 0 Å². The van der Waals surface area contributed by atoms with Crippen molar-refractivity contribution < 1.29 is 4.74 Å². The maximum absolute atomic E-state index is 6.60. The van der Waals surface area contributed by atoms with E-state index in [0.717, 1.165) is 0 Å². The highest BCUT2D eigenvalue weighted by Crippen LogP contribution is 2.69. The van der Waals surface area contributed by atoms with Crippen LogP contribution in [0.4, 0.5) is 0 Å². The lowest BCUT2D eigenvalue weighted by atomic mass is 9.41. The Morgan fingerprint density at radius 2 is 0.950 bits per heavy atom. The van der Waals surface area contributed by atoms with Crippen LogP contribution in [0.25, 0.3) is 0 Å². The fourth-order valence-electron chi connectivity index (χ4n) is 4.51. The van der Waals surface area contributed by atoms with Gasteiger partial charge in [0, 0.05) is 0 Å². The van der Waals surface area contributed by atoms with E-state index >= 15 is 0 Å². The van der Waals surface area contributed by atoms with Crippen LogP contribution < -0.4 is 0 Å². The molecule has 0 atom stereocenters. The Morgan fingerprint density at radius 3 is 1.20 bits per heavy atom. The minimum absolute atomic E-state index is 0.103. The van der Waals surface area contributed by atoms with Crippen molar-refractivity contribution >= 4 is 0 Å². The van der Waals surface area contributed by atoms with Crippen molar-refractivity contribution in [2.24, 2.45) is 21.7 Å². The Morgan fingerprint density at radius 1 is 0.650 bits per heavy atom. The molecule has 0 saturated carbocycles. The first-order chi connectivity index (χ1) is 8.41. The lowest BCUT2D eigenvalue weighted by Gasteiger charge is -2.71. The van der Waals surface area contributed by atoms with Gasteiger partial charge in [-0.1, -0.05) is 55.4 Å². The molecule has 1 heteroatoms. The highest BCUT2D eigenvalue weighted by Gasteiger charge is 2.67. The monoisotopic (exact) mass is 282 g/mol. The van der Waals surface area contributed by atoms with Crippen molar-refractivity contribution in [1.29, 1.82) is 0 Å². The number of rotatable bonds is 1. The number of ether oxygens (including phenoxy) is 1. The summed E-state index contributed by atoms with van der Waals surface area (Å²) >= 11 is 0. The maximum atomic E-state index is 6.60. The van der Waals surface area contributed by atoms with Crippen LogP contribution in [0, 0.1) is 21.7 Å². The third kappa shape index (κ3) is 2.25. The quantitative estimate of drug-likeness (QED) is 0.567. The minimum atomic E-state index is -0.133. The van der Waals surface area contributed by atoms with E-state index in [1.807, 2.05) is 0 Å². The summed E-state index contributed by atoms with van der Waals surface area (Å²) in [4.78, 5) is 0. The molecule has 1 fully saturated rings. The van der Waals surface area contributed by atoms with Gasteiger partial charge in [-0.2, -0.15) is 0 Å². The molecule has 0 amide bonds. The van der Waals surface area contributed by atoms with Gasteiger partial charge in [0.1, 0.15) is 0 Å². The average molecular weight is 283 g/mol. The predicted molar refractivity (Wildman–Crippen MR) is 89.0 cm³/mol. The van der Waals surface area contributed by atoms with E-state index in [1.54, 1.807) is 0 Å². The van der Waals surface area contributed by atoms with Gasteiger partial charge in [-0.15, -0.1) is 0 Å². The smallest absolute Gasteiger partial charge is 0.0690 e. The molecular weight excluding hydrogens is 244 g/mol. The molecule has 1 aliphatic heterocycles. The zero-order chi connectivity index (χ0) is 16.4. The Hall–Kier alpha value is -0.0400. The third-order valence-electron chi connectivity index (χ3n) is 7.16. The van der Waals surface area contributed by atoms with Gasteiger partial charge < -0.3 is 4.74 Å². The molecule has 1 nitrogen and oxygen atoms in total. The fourth-order valence-corrected chi connectivity index (χ4v) is 4.51. The highest BCUT2D eigenvalue weighted by atomic mass is 16.5. The standard InChI is InChI=1S/C19H38O/c1-14(2,3)13-19(12)15(4,5)17(8,9)20-18(10,11)16(19,6)7/h13H2,1-12H3. The Bertz CT molecular complexity index is 351. The van der Waals surface area contributed by atoms with E-state index in [2.05, 4.69) is 83.1 Å². The average Bonchev–Trinajstić information content (AvgIpc) is 2.10. The van der Waals surface area contributed by atoms with E-state index in [9.17, 15) is 0 Å². The molecule has 1 heterocycles. The second kappa shape index (κ2) is 4.24. The summed E-state index contributed by atoms with van der Waals surface area (Å²) in [6, 6.07) is 0. The Labute approximate surface area is 127 Å². The summed E-state index contributed by atoms with van der Waals surface area (Å²) in [5, 5.41) is 0. The van der Waals surface area contributed by atoms with Gasteiger partial charge in [0.2, 0.25) is 0 Å². The molecule has 1 saturated heterocycles. The molecule has 0 bridgehead atoms. The molecular formula is C19H38O. The molecule has 1 aliphatic rings. The first-order valence-electron chi connectivity index (χ1n) is 8.12. The summed E-state index contributed by atoms with van der Waals surface area (Å²) in [5.41, 5.74) is 0.451. The summed E-state index contributed by atoms with van der Waals surface area (Å²) in [6.07, 6.45) is 1.20. The van der Waals surface area contributed by atoms with Crippen molar-refractivity contribution in [1.82, 2.24) is 0 Å². The summed E-state index contributed by atoms with van der Waals surface area (Å²) in [7, 11) is 0. The lowest BCUT2D eigenvalue weighted by molar-refractivity contribution is -0.333. The molecule has 0 spiro atoms. The maximum Gasteiger partial charge on any atom is 0.0690 e. The SMILES string of the molecule is CC(C)(C)CC1(C)C(C)(C)C(C)(C)OC(C)(C)C1(C)C. The van der Waals surface area contributed by atoms with Gasteiger partial charge in [0.05, 0.1) is 11.2 Å². The van der Waals surface area contributed by atoms with Crippen LogP contribution in [0.3, 0.4) is 0 Å². The molecule has 0 unspecified atom stereocenters. The van der Waals surface area contributed by atoms with Crippen LogP contribution in [0.1, 0.15) is 89.5 Å². The van der Waals surface area contributed by atoms with E-state index in [-0.39, 0.29) is 27.4 Å². The van der Waals surface area contributed by atoms with E-state index in [4.69, 9.17) is 4.74 Å². The molecule has 0 aromatic carbocycles. The number of hydrogen-bond acceptors (Lipinski definition) is 1. The minimum Gasteiger partial charge on any atom is -0.369 e.